The smallest absolute Gasteiger partial charge is 0.135 e. The van der Waals surface area contributed by atoms with Crippen molar-refractivity contribution in [3.8, 4) is 21.1 Å². The van der Waals surface area contributed by atoms with Crippen LogP contribution in [0.1, 0.15) is 4.88 Å². The van der Waals surface area contributed by atoms with Crippen LogP contribution in [0.2, 0.25) is 0 Å². The van der Waals surface area contributed by atoms with Crippen LogP contribution in [0.4, 0.5) is 0 Å². The molecule has 0 aliphatic heterocycles. The van der Waals surface area contributed by atoms with Gasteiger partial charge in [-0.3, -0.25) is 4.98 Å². The highest BCUT2D eigenvalue weighted by Gasteiger charge is 2.13. The molecule has 0 amide bonds. The van der Waals surface area contributed by atoms with Crippen LogP contribution >= 0.6 is 38.6 Å². The Labute approximate surface area is 121 Å². The van der Waals surface area contributed by atoms with Crippen LogP contribution in [0, 0.1) is 6.92 Å². The van der Waals surface area contributed by atoms with E-state index in [2.05, 4.69) is 33.9 Å². The summed E-state index contributed by atoms with van der Waals surface area (Å²) in [5, 5.41) is 1.04. The molecule has 0 unspecified atom stereocenters. The zero-order valence-corrected chi connectivity index (χ0v) is 12.8. The molecule has 0 aliphatic carbocycles. The molecule has 90 valence electrons. The lowest BCUT2D eigenvalue weighted by atomic mass is 10.1. The normalized spacial score (nSPS) is 10.8. The number of aromatic nitrogens is 2. The third-order valence-corrected chi connectivity index (χ3v) is 5.17. The van der Waals surface area contributed by atoms with Gasteiger partial charge in [0, 0.05) is 21.1 Å². The van der Waals surface area contributed by atoms with Crippen LogP contribution in [0.25, 0.3) is 21.1 Å². The average Bonchev–Trinajstić information content (AvgIpc) is 2.99. The van der Waals surface area contributed by atoms with Crippen LogP contribution in [0.15, 0.2) is 40.4 Å². The molecule has 2 aromatic heterocycles. The van der Waals surface area contributed by atoms with Crippen LogP contribution in [0.5, 0.6) is 0 Å². The molecule has 0 saturated heterocycles. The van der Waals surface area contributed by atoms with Crippen molar-refractivity contribution in [2.45, 2.75) is 6.92 Å². The molecular weight excluding hydrogens is 328 g/mol. The van der Waals surface area contributed by atoms with Crippen molar-refractivity contribution in [2.24, 2.45) is 0 Å². The quantitative estimate of drug-likeness (QED) is 0.657. The van der Waals surface area contributed by atoms with E-state index < -0.39 is 0 Å². The second kappa shape index (κ2) is 4.91. The minimum Gasteiger partial charge on any atom is -0.252 e. The Bertz CT molecular complexity index is 674. The summed E-state index contributed by atoms with van der Waals surface area (Å²) >= 11 is 6.92. The van der Waals surface area contributed by atoms with Gasteiger partial charge in [-0.2, -0.15) is 0 Å². The van der Waals surface area contributed by atoms with Crippen LogP contribution < -0.4 is 0 Å². The Hall–Kier alpha value is -1.04. The molecule has 18 heavy (non-hydrogen) atoms. The summed E-state index contributed by atoms with van der Waals surface area (Å²) in [4.78, 5) is 11.2. The summed E-state index contributed by atoms with van der Waals surface area (Å²) in [7, 11) is 0. The van der Waals surface area contributed by atoms with Crippen molar-refractivity contribution in [3.63, 3.8) is 0 Å². The van der Waals surface area contributed by atoms with Gasteiger partial charge in [0.15, 0.2) is 0 Å². The van der Waals surface area contributed by atoms with Crippen molar-refractivity contribution in [1.82, 2.24) is 9.97 Å². The van der Waals surface area contributed by atoms with Gasteiger partial charge < -0.3 is 0 Å². The first-order valence-electron chi connectivity index (χ1n) is 5.37. The third-order valence-electron chi connectivity index (χ3n) is 2.57. The lowest BCUT2D eigenvalue weighted by molar-refractivity contribution is 1.36. The van der Waals surface area contributed by atoms with E-state index in [4.69, 9.17) is 4.98 Å². The molecule has 0 aliphatic rings. The van der Waals surface area contributed by atoms with Gasteiger partial charge in [0.1, 0.15) is 5.01 Å². The van der Waals surface area contributed by atoms with Gasteiger partial charge in [0.25, 0.3) is 0 Å². The molecule has 0 fully saturated rings. The lowest BCUT2D eigenvalue weighted by Crippen LogP contribution is -1.82. The molecule has 3 aromatic rings. The minimum absolute atomic E-state index is 1.04. The lowest BCUT2D eigenvalue weighted by Gasteiger charge is -2.01. The molecule has 0 saturated carbocycles. The van der Waals surface area contributed by atoms with Crippen LogP contribution in [0.3, 0.4) is 0 Å². The number of thiazole rings is 2. The summed E-state index contributed by atoms with van der Waals surface area (Å²) in [6.07, 6.45) is 1.87. The molecule has 0 radical (unpaired) electrons. The molecule has 2 nitrogen and oxygen atoms in total. The van der Waals surface area contributed by atoms with E-state index in [-0.39, 0.29) is 0 Å². The summed E-state index contributed by atoms with van der Waals surface area (Å²) in [6.45, 7) is 2.11. The highest BCUT2D eigenvalue weighted by Crippen LogP contribution is 2.37. The number of aryl methyl sites for hydroxylation is 1. The number of hydrogen-bond donors (Lipinski definition) is 0. The van der Waals surface area contributed by atoms with E-state index in [0.29, 0.717) is 0 Å². The van der Waals surface area contributed by atoms with E-state index in [0.717, 1.165) is 25.6 Å². The molecule has 0 N–H and O–H groups in total. The van der Waals surface area contributed by atoms with Gasteiger partial charge in [-0.05, 0) is 13.0 Å². The summed E-state index contributed by atoms with van der Waals surface area (Å²) in [5.41, 5.74) is 4.03. The molecule has 0 spiro atoms. The topological polar surface area (TPSA) is 25.8 Å². The van der Waals surface area contributed by atoms with Crippen molar-refractivity contribution in [3.05, 3.63) is 45.3 Å². The zero-order valence-electron chi connectivity index (χ0n) is 9.55. The van der Waals surface area contributed by atoms with Gasteiger partial charge >= 0.3 is 0 Å². The molecule has 0 atom stereocenters. The predicted molar refractivity (Wildman–Crippen MR) is 81.1 cm³/mol. The van der Waals surface area contributed by atoms with Crippen LogP contribution in [-0.4, -0.2) is 9.97 Å². The highest BCUT2D eigenvalue weighted by atomic mass is 79.9. The SMILES string of the molecule is Cc1sc(-c2cncs2)nc1-c1ccccc1Br. The number of benzene rings is 1. The van der Waals surface area contributed by atoms with Gasteiger partial charge in [-0.15, -0.1) is 22.7 Å². The van der Waals surface area contributed by atoms with E-state index in [1.54, 1.807) is 22.7 Å². The number of rotatable bonds is 2. The Balaban J connectivity index is 2.12. The summed E-state index contributed by atoms with van der Waals surface area (Å²) in [5.74, 6) is 0. The zero-order chi connectivity index (χ0) is 12.5. The fourth-order valence-corrected chi connectivity index (χ4v) is 3.80. The van der Waals surface area contributed by atoms with Crippen molar-refractivity contribution in [1.29, 1.82) is 0 Å². The largest absolute Gasteiger partial charge is 0.252 e. The summed E-state index contributed by atoms with van der Waals surface area (Å²) in [6, 6.07) is 8.17. The van der Waals surface area contributed by atoms with Crippen molar-refractivity contribution in [2.75, 3.05) is 0 Å². The van der Waals surface area contributed by atoms with E-state index >= 15 is 0 Å². The monoisotopic (exact) mass is 336 g/mol. The number of nitrogens with zero attached hydrogens (tertiary/aromatic N) is 2. The van der Waals surface area contributed by atoms with E-state index in [1.807, 2.05) is 29.9 Å². The van der Waals surface area contributed by atoms with Gasteiger partial charge in [-0.25, -0.2) is 4.98 Å². The fraction of sp³-hybridized carbons (Fsp3) is 0.0769. The van der Waals surface area contributed by atoms with E-state index in [9.17, 15) is 0 Å². The molecule has 1 aromatic carbocycles. The molecule has 3 rings (SSSR count). The maximum Gasteiger partial charge on any atom is 0.135 e. The Kier molecular flexibility index (Phi) is 3.28. The standard InChI is InChI=1S/C13H9BrN2S2/c1-8-12(9-4-2-3-5-10(9)14)16-13(18-8)11-6-15-7-17-11/h2-7H,1H3. The Morgan fingerprint density at radius 3 is 2.78 bits per heavy atom. The summed E-state index contributed by atoms with van der Waals surface area (Å²) < 4.78 is 1.08. The van der Waals surface area contributed by atoms with Gasteiger partial charge in [0.2, 0.25) is 0 Å². The minimum atomic E-state index is 1.04. The molecular formula is C13H9BrN2S2. The molecule has 0 bridgehead atoms. The second-order valence-electron chi connectivity index (χ2n) is 3.77. The number of halogens is 1. The fourth-order valence-electron chi connectivity index (χ4n) is 1.73. The first-order chi connectivity index (χ1) is 8.75. The second-order valence-corrected chi connectivity index (χ2v) is 6.71. The predicted octanol–water partition coefficient (Wildman–Crippen LogP) is 5.00. The maximum atomic E-state index is 4.74. The van der Waals surface area contributed by atoms with Gasteiger partial charge in [0.05, 0.1) is 16.1 Å². The van der Waals surface area contributed by atoms with Gasteiger partial charge in [-0.1, -0.05) is 34.1 Å². The highest BCUT2D eigenvalue weighted by molar-refractivity contribution is 9.10. The average molecular weight is 337 g/mol. The first kappa shape index (κ1) is 12.0. The van der Waals surface area contributed by atoms with Crippen molar-refractivity contribution >= 4 is 38.6 Å². The Morgan fingerprint density at radius 1 is 1.22 bits per heavy atom. The Morgan fingerprint density at radius 2 is 2.06 bits per heavy atom. The third kappa shape index (κ3) is 2.13. The van der Waals surface area contributed by atoms with Crippen molar-refractivity contribution < 1.29 is 0 Å². The number of hydrogen-bond acceptors (Lipinski definition) is 4. The van der Waals surface area contributed by atoms with E-state index in [1.165, 1.54) is 4.88 Å². The van der Waals surface area contributed by atoms with Crippen LogP contribution in [-0.2, 0) is 0 Å². The first-order valence-corrected chi connectivity index (χ1v) is 7.86. The molecule has 2 heterocycles. The molecule has 5 heteroatoms. The maximum absolute atomic E-state index is 4.74.